The molecule has 1 aliphatic heterocycles. The number of piperazine rings is 1. The molecule has 0 radical (unpaired) electrons. The number of urea groups is 1. The average molecular weight is 515 g/mol. The van der Waals surface area contributed by atoms with Crippen molar-refractivity contribution in [3.63, 3.8) is 0 Å². The van der Waals surface area contributed by atoms with Crippen LogP contribution in [0.5, 0.6) is 0 Å². The molecule has 0 bridgehead atoms. The van der Waals surface area contributed by atoms with Crippen molar-refractivity contribution >= 4 is 34.2 Å². The molecule has 1 aromatic carbocycles. The first-order chi connectivity index (χ1) is 17.4. The number of hydrogen-bond donors (Lipinski definition) is 3. The zero-order chi connectivity index (χ0) is 25.9. The summed E-state index contributed by atoms with van der Waals surface area (Å²) in [6.45, 7) is 7.84. The van der Waals surface area contributed by atoms with E-state index in [0.29, 0.717) is 30.1 Å². The Morgan fingerprint density at radius 2 is 1.64 bits per heavy atom. The third-order valence-corrected chi connectivity index (χ3v) is 7.70. The SMILES string of the molecule is CCCCCCCCNC(=O)Nc1sc(C(=O)N2CCN(Cc3ccccc3)CC2)c(C)c1C(=O)O. The van der Waals surface area contributed by atoms with Crippen LogP contribution in [0.2, 0.25) is 0 Å². The maximum absolute atomic E-state index is 13.3. The standard InChI is InChI=1S/C27H38N4O4S/c1-3-4-5-6-7-11-14-28-27(35)29-24-22(26(33)34)20(2)23(36-24)25(32)31-17-15-30(16-18-31)19-21-12-9-8-10-13-21/h8-10,12-13H,3-7,11,14-19H2,1-2H3,(H,33,34)(H2,28,29,35). The first-order valence-corrected chi connectivity index (χ1v) is 13.7. The van der Waals surface area contributed by atoms with Gasteiger partial charge in [-0.15, -0.1) is 11.3 Å². The molecule has 0 aliphatic carbocycles. The molecule has 0 unspecified atom stereocenters. The van der Waals surface area contributed by atoms with Crippen LogP contribution >= 0.6 is 11.3 Å². The van der Waals surface area contributed by atoms with Crippen LogP contribution in [-0.2, 0) is 6.54 Å². The Bertz CT molecular complexity index is 1020. The fraction of sp³-hybridized carbons (Fsp3) is 0.519. The van der Waals surface area contributed by atoms with Crippen molar-refractivity contribution < 1.29 is 19.5 Å². The molecule has 2 aromatic rings. The summed E-state index contributed by atoms with van der Waals surface area (Å²) in [5.74, 6) is -1.33. The number of rotatable bonds is 12. The van der Waals surface area contributed by atoms with Crippen LogP contribution in [0.4, 0.5) is 9.80 Å². The second-order valence-corrected chi connectivity index (χ2v) is 10.3. The molecule has 1 fully saturated rings. The molecular weight excluding hydrogens is 476 g/mol. The second kappa shape index (κ2) is 14.0. The Balaban J connectivity index is 1.55. The van der Waals surface area contributed by atoms with Crippen molar-refractivity contribution in [2.24, 2.45) is 0 Å². The predicted octanol–water partition coefficient (Wildman–Crippen LogP) is 5.19. The molecule has 3 amide bonds. The lowest BCUT2D eigenvalue weighted by atomic mass is 10.1. The second-order valence-electron chi connectivity index (χ2n) is 9.27. The molecule has 196 valence electrons. The molecule has 36 heavy (non-hydrogen) atoms. The number of carboxylic acids is 1. The summed E-state index contributed by atoms with van der Waals surface area (Å²) in [5, 5.41) is 15.4. The molecule has 0 atom stereocenters. The molecule has 1 aliphatic rings. The lowest BCUT2D eigenvalue weighted by Gasteiger charge is -2.34. The van der Waals surface area contributed by atoms with Gasteiger partial charge in [0.05, 0.1) is 10.4 Å². The Morgan fingerprint density at radius 1 is 0.972 bits per heavy atom. The van der Waals surface area contributed by atoms with Gasteiger partial charge in [0.25, 0.3) is 5.91 Å². The molecule has 3 N–H and O–H groups in total. The minimum absolute atomic E-state index is 0.0132. The van der Waals surface area contributed by atoms with Gasteiger partial charge >= 0.3 is 12.0 Å². The summed E-state index contributed by atoms with van der Waals surface area (Å²) in [7, 11) is 0. The minimum Gasteiger partial charge on any atom is -0.478 e. The third kappa shape index (κ3) is 7.80. The predicted molar refractivity (Wildman–Crippen MR) is 144 cm³/mol. The van der Waals surface area contributed by atoms with E-state index in [1.807, 2.05) is 18.2 Å². The number of nitrogens with zero attached hydrogens (tertiary/aromatic N) is 2. The van der Waals surface area contributed by atoms with Crippen molar-refractivity contribution in [2.75, 3.05) is 38.0 Å². The van der Waals surface area contributed by atoms with E-state index < -0.39 is 12.0 Å². The van der Waals surface area contributed by atoms with E-state index in [9.17, 15) is 19.5 Å². The van der Waals surface area contributed by atoms with Crippen LogP contribution < -0.4 is 10.6 Å². The van der Waals surface area contributed by atoms with E-state index >= 15 is 0 Å². The monoisotopic (exact) mass is 514 g/mol. The summed E-state index contributed by atoms with van der Waals surface area (Å²) in [4.78, 5) is 42.1. The zero-order valence-electron chi connectivity index (χ0n) is 21.3. The summed E-state index contributed by atoms with van der Waals surface area (Å²) in [5.41, 5.74) is 1.62. The summed E-state index contributed by atoms with van der Waals surface area (Å²) < 4.78 is 0. The van der Waals surface area contributed by atoms with Crippen molar-refractivity contribution in [1.29, 1.82) is 0 Å². The van der Waals surface area contributed by atoms with Crippen LogP contribution in [0.3, 0.4) is 0 Å². The molecule has 2 heterocycles. The summed E-state index contributed by atoms with van der Waals surface area (Å²) >= 11 is 1.04. The Morgan fingerprint density at radius 3 is 2.31 bits per heavy atom. The maximum atomic E-state index is 13.3. The molecule has 0 spiro atoms. The van der Waals surface area contributed by atoms with Crippen molar-refractivity contribution in [2.45, 2.75) is 58.9 Å². The number of carbonyl (C=O) groups is 3. The molecule has 0 saturated carbocycles. The largest absolute Gasteiger partial charge is 0.478 e. The van der Waals surface area contributed by atoms with Crippen LogP contribution in [-0.4, -0.2) is 65.5 Å². The Labute approximate surface area is 217 Å². The first kappa shape index (κ1) is 27.7. The third-order valence-electron chi connectivity index (χ3n) is 6.51. The Hall–Kier alpha value is -2.91. The quantitative estimate of drug-likeness (QED) is 0.338. The number of nitrogens with one attached hydrogen (secondary N) is 2. The van der Waals surface area contributed by atoms with E-state index in [2.05, 4.69) is 34.6 Å². The molecule has 3 rings (SSSR count). The topological polar surface area (TPSA) is 102 Å². The van der Waals surface area contributed by atoms with Crippen LogP contribution in [0.25, 0.3) is 0 Å². The van der Waals surface area contributed by atoms with E-state index in [4.69, 9.17) is 0 Å². The van der Waals surface area contributed by atoms with Gasteiger partial charge in [-0.05, 0) is 24.5 Å². The van der Waals surface area contributed by atoms with Gasteiger partial charge < -0.3 is 15.3 Å². The zero-order valence-corrected chi connectivity index (χ0v) is 22.2. The lowest BCUT2D eigenvalue weighted by molar-refractivity contribution is 0.0632. The van der Waals surface area contributed by atoms with Crippen LogP contribution in [0.15, 0.2) is 30.3 Å². The highest BCUT2D eigenvalue weighted by molar-refractivity contribution is 7.18. The number of carboxylic acid groups (broad SMARTS) is 1. The van der Waals surface area contributed by atoms with Crippen LogP contribution in [0.1, 0.15) is 76.6 Å². The highest BCUT2D eigenvalue weighted by atomic mass is 32.1. The van der Waals surface area contributed by atoms with Crippen molar-refractivity contribution in [1.82, 2.24) is 15.1 Å². The maximum Gasteiger partial charge on any atom is 0.339 e. The molecular formula is C27H38N4O4S. The van der Waals surface area contributed by atoms with E-state index in [1.165, 1.54) is 24.8 Å². The molecule has 9 heteroatoms. The van der Waals surface area contributed by atoms with Gasteiger partial charge in [0.1, 0.15) is 5.00 Å². The number of carbonyl (C=O) groups excluding carboxylic acids is 2. The van der Waals surface area contributed by atoms with Gasteiger partial charge in [-0.3, -0.25) is 15.0 Å². The number of aromatic carboxylic acids is 1. The van der Waals surface area contributed by atoms with Crippen molar-refractivity contribution in [3.05, 3.63) is 51.9 Å². The van der Waals surface area contributed by atoms with Gasteiger partial charge in [-0.2, -0.15) is 0 Å². The van der Waals surface area contributed by atoms with Gasteiger partial charge in [-0.1, -0.05) is 69.4 Å². The summed E-state index contributed by atoms with van der Waals surface area (Å²) in [6, 6.07) is 9.79. The number of unbranched alkanes of at least 4 members (excludes halogenated alkanes) is 5. The number of amides is 3. The lowest BCUT2D eigenvalue weighted by Crippen LogP contribution is -2.48. The number of anilines is 1. The smallest absolute Gasteiger partial charge is 0.339 e. The van der Waals surface area contributed by atoms with Gasteiger partial charge in [0.2, 0.25) is 0 Å². The fourth-order valence-electron chi connectivity index (χ4n) is 4.41. The molecule has 1 saturated heterocycles. The summed E-state index contributed by atoms with van der Waals surface area (Å²) in [6.07, 6.45) is 6.71. The normalized spacial score (nSPS) is 14.0. The number of benzene rings is 1. The van der Waals surface area contributed by atoms with Crippen LogP contribution in [0, 0.1) is 6.92 Å². The van der Waals surface area contributed by atoms with Gasteiger partial charge in [-0.25, -0.2) is 9.59 Å². The van der Waals surface area contributed by atoms with E-state index in [-0.39, 0.29) is 16.5 Å². The van der Waals surface area contributed by atoms with Gasteiger partial charge in [0.15, 0.2) is 0 Å². The van der Waals surface area contributed by atoms with Crippen molar-refractivity contribution in [3.8, 4) is 0 Å². The first-order valence-electron chi connectivity index (χ1n) is 12.9. The molecule has 1 aromatic heterocycles. The van der Waals surface area contributed by atoms with E-state index in [0.717, 1.165) is 50.2 Å². The minimum atomic E-state index is -1.15. The number of thiophene rings is 1. The highest BCUT2D eigenvalue weighted by Crippen LogP contribution is 2.34. The van der Waals surface area contributed by atoms with Gasteiger partial charge in [0, 0.05) is 39.3 Å². The fourth-order valence-corrected chi connectivity index (χ4v) is 5.57. The Kier molecular flexibility index (Phi) is 10.8. The number of hydrogen-bond acceptors (Lipinski definition) is 5. The van der Waals surface area contributed by atoms with E-state index in [1.54, 1.807) is 11.8 Å². The highest BCUT2D eigenvalue weighted by Gasteiger charge is 2.29. The average Bonchev–Trinajstić information content (AvgIpc) is 3.19. The molecule has 8 nitrogen and oxygen atoms in total.